The van der Waals surface area contributed by atoms with Crippen molar-refractivity contribution < 1.29 is 9.13 Å². The van der Waals surface area contributed by atoms with Gasteiger partial charge < -0.3 is 4.74 Å². The molecule has 4 nitrogen and oxygen atoms in total. The third-order valence-electron chi connectivity index (χ3n) is 1.98. The van der Waals surface area contributed by atoms with Crippen molar-refractivity contribution >= 4 is 34.1 Å². The summed E-state index contributed by atoms with van der Waals surface area (Å²) < 4.78 is 19.4. The maximum atomic E-state index is 13.8. The molecule has 0 N–H and O–H groups in total. The molecule has 0 aliphatic heterocycles. The summed E-state index contributed by atoms with van der Waals surface area (Å²) in [7, 11) is 0. The minimum Gasteiger partial charge on any atom is -0.471 e. The number of pyridine rings is 1. The predicted molar refractivity (Wildman–Crippen MR) is 67.7 cm³/mol. The molecule has 0 bridgehead atoms. The largest absolute Gasteiger partial charge is 0.471 e. The van der Waals surface area contributed by atoms with E-state index in [2.05, 4.69) is 15.0 Å². The third-order valence-corrected chi connectivity index (χ3v) is 2.41. The summed E-state index contributed by atoms with van der Waals surface area (Å²) in [4.78, 5) is 11.5. The van der Waals surface area contributed by atoms with Crippen molar-refractivity contribution in [2.24, 2.45) is 0 Å². The Balaban J connectivity index is 2.71. The van der Waals surface area contributed by atoms with Crippen molar-refractivity contribution in [3.8, 4) is 5.88 Å². The van der Waals surface area contributed by atoms with Gasteiger partial charge in [-0.1, -0.05) is 11.6 Å². The minimum absolute atomic E-state index is 0.00532. The molecule has 2 aromatic heterocycles. The molecular weight excluding hydrogens is 280 g/mol. The number of hydrogen-bond donors (Lipinski definition) is 0. The van der Waals surface area contributed by atoms with Gasteiger partial charge in [-0.3, -0.25) is 0 Å². The van der Waals surface area contributed by atoms with E-state index in [1.807, 2.05) is 20.8 Å². The fourth-order valence-corrected chi connectivity index (χ4v) is 1.65. The van der Waals surface area contributed by atoms with Crippen molar-refractivity contribution in [3.05, 3.63) is 22.5 Å². The molecular formula is C11H10Cl2FN3O. The number of aromatic nitrogens is 3. The first-order chi connectivity index (χ1) is 8.28. The van der Waals surface area contributed by atoms with E-state index in [0.717, 1.165) is 0 Å². The van der Waals surface area contributed by atoms with Crippen molar-refractivity contribution in [1.29, 1.82) is 0 Å². The topological polar surface area (TPSA) is 47.9 Å². The zero-order valence-electron chi connectivity index (χ0n) is 9.96. The Morgan fingerprint density at radius 2 is 1.89 bits per heavy atom. The van der Waals surface area contributed by atoms with E-state index in [1.165, 1.54) is 6.20 Å². The molecule has 0 atom stereocenters. The van der Waals surface area contributed by atoms with Crippen LogP contribution in [0.15, 0.2) is 6.20 Å². The summed E-state index contributed by atoms with van der Waals surface area (Å²) in [6, 6.07) is 0. The van der Waals surface area contributed by atoms with E-state index in [-0.39, 0.29) is 21.8 Å². The van der Waals surface area contributed by atoms with Gasteiger partial charge in [0.1, 0.15) is 11.1 Å². The van der Waals surface area contributed by atoms with Crippen LogP contribution in [-0.2, 0) is 0 Å². The van der Waals surface area contributed by atoms with Crippen molar-refractivity contribution in [1.82, 2.24) is 15.0 Å². The van der Waals surface area contributed by atoms with Crippen LogP contribution >= 0.6 is 23.2 Å². The molecule has 96 valence electrons. The molecule has 0 unspecified atom stereocenters. The van der Waals surface area contributed by atoms with Gasteiger partial charge in [-0.25, -0.2) is 14.4 Å². The molecule has 2 heterocycles. The van der Waals surface area contributed by atoms with E-state index in [1.54, 1.807) is 0 Å². The van der Waals surface area contributed by atoms with E-state index in [0.29, 0.717) is 5.39 Å². The normalized spacial score (nSPS) is 11.9. The lowest BCUT2D eigenvalue weighted by molar-refractivity contribution is 0.126. The lowest BCUT2D eigenvalue weighted by Crippen LogP contribution is -2.24. The molecule has 0 radical (unpaired) electrons. The molecule has 18 heavy (non-hydrogen) atoms. The van der Waals surface area contributed by atoms with E-state index in [4.69, 9.17) is 27.9 Å². The zero-order chi connectivity index (χ0) is 13.5. The molecule has 0 aliphatic carbocycles. The van der Waals surface area contributed by atoms with Gasteiger partial charge in [0.25, 0.3) is 0 Å². The first kappa shape index (κ1) is 13.2. The number of nitrogens with zero attached hydrogens (tertiary/aromatic N) is 3. The van der Waals surface area contributed by atoms with Crippen LogP contribution in [-0.4, -0.2) is 20.6 Å². The van der Waals surface area contributed by atoms with Gasteiger partial charge in [0.05, 0.1) is 5.39 Å². The van der Waals surface area contributed by atoms with Crippen LogP contribution in [0.3, 0.4) is 0 Å². The first-order valence-corrected chi connectivity index (χ1v) is 5.90. The Kier molecular flexibility index (Phi) is 3.29. The van der Waals surface area contributed by atoms with Gasteiger partial charge in [-0.2, -0.15) is 4.98 Å². The summed E-state index contributed by atoms with van der Waals surface area (Å²) in [6.07, 6.45) is 1.36. The predicted octanol–water partition coefficient (Wildman–Crippen LogP) is 3.65. The standard InChI is InChI=1S/C11H10Cl2FN3O/c1-11(2,3)18-9-5-4-15-8(12)6(14)7(5)16-10(13)17-9/h4H,1-3H3. The maximum absolute atomic E-state index is 13.8. The number of ether oxygens (including phenoxy) is 1. The van der Waals surface area contributed by atoms with E-state index in [9.17, 15) is 4.39 Å². The minimum atomic E-state index is -0.739. The highest BCUT2D eigenvalue weighted by molar-refractivity contribution is 6.30. The zero-order valence-corrected chi connectivity index (χ0v) is 11.5. The molecule has 0 fully saturated rings. The van der Waals surface area contributed by atoms with Gasteiger partial charge in [0.15, 0.2) is 11.0 Å². The fraction of sp³-hybridized carbons (Fsp3) is 0.364. The summed E-state index contributed by atoms with van der Waals surface area (Å²) in [5.41, 5.74) is -0.505. The Morgan fingerprint density at radius 1 is 1.22 bits per heavy atom. The Bertz CT molecular complexity index is 613. The summed E-state index contributed by atoms with van der Waals surface area (Å²) in [5.74, 6) is -0.558. The molecule has 0 aromatic carbocycles. The quantitative estimate of drug-likeness (QED) is 0.594. The first-order valence-electron chi connectivity index (χ1n) is 5.14. The number of rotatable bonds is 1. The SMILES string of the molecule is CC(C)(C)Oc1nc(Cl)nc2c(F)c(Cl)ncc12. The highest BCUT2D eigenvalue weighted by Crippen LogP contribution is 2.29. The smallest absolute Gasteiger partial charge is 0.228 e. The summed E-state index contributed by atoms with van der Waals surface area (Å²) in [5, 5.41) is -0.0434. The average Bonchev–Trinajstić information content (AvgIpc) is 2.21. The lowest BCUT2D eigenvalue weighted by atomic mass is 10.2. The number of hydrogen-bond acceptors (Lipinski definition) is 4. The maximum Gasteiger partial charge on any atom is 0.228 e. The van der Waals surface area contributed by atoms with Crippen molar-refractivity contribution in [2.75, 3.05) is 0 Å². The number of fused-ring (bicyclic) bond motifs is 1. The monoisotopic (exact) mass is 289 g/mol. The van der Waals surface area contributed by atoms with Gasteiger partial charge in [-0.05, 0) is 32.4 Å². The van der Waals surface area contributed by atoms with E-state index >= 15 is 0 Å². The van der Waals surface area contributed by atoms with Crippen molar-refractivity contribution in [2.45, 2.75) is 26.4 Å². The molecule has 2 aromatic rings. The van der Waals surface area contributed by atoms with Crippen LogP contribution in [0.1, 0.15) is 20.8 Å². The van der Waals surface area contributed by atoms with Crippen LogP contribution in [0.4, 0.5) is 4.39 Å². The van der Waals surface area contributed by atoms with Crippen LogP contribution in [0, 0.1) is 5.82 Å². The van der Waals surface area contributed by atoms with Gasteiger partial charge in [0.2, 0.25) is 11.2 Å². The molecule has 2 rings (SSSR count). The van der Waals surface area contributed by atoms with Gasteiger partial charge in [-0.15, -0.1) is 0 Å². The van der Waals surface area contributed by atoms with E-state index < -0.39 is 11.4 Å². The molecule has 0 saturated carbocycles. The van der Waals surface area contributed by atoms with Gasteiger partial charge in [0, 0.05) is 6.20 Å². The highest BCUT2D eigenvalue weighted by atomic mass is 35.5. The second kappa shape index (κ2) is 4.48. The molecule has 0 amide bonds. The molecule has 0 saturated heterocycles. The summed E-state index contributed by atoms with van der Waals surface area (Å²) >= 11 is 11.3. The highest BCUT2D eigenvalue weighted by Gasteiger charge is 2.19. The van der Waals surface area contributed by atoms with Gasteiger partial charge >= 0.3 is 0 Å². The Morgan fingerprint density at radius 3 is 2.50 bits per heavy atom. The second-order valence-electron chi connectivity index (χ2n) is 4.64. The lowest BCUT2D eigenvalue weighted by Gasteiger charge is -2.21. The molecule has 0 spiro atoms. The molecule has 7 heteroatoms. The third kappa shape index (κ3) is 2.62. The van der Waals surface area contributed by atoms with Crippen LogP contribution in [0.5, 0.6) is 5.88 Å². The number of halogens is 3. The Hall–Kier alpha value is -1.20. The summed E-state index contributed by atoms with van der Waals surface area (Å²) in [6.45, 7) is 5.53. The van der Waals surface area contributed by atoms with Crippen LogP contribution in [0.2, 0.25) is 10.4 Å². The Labute approximate surface area is 113 Å². The van der Waals surface area contributed by atoms with Crippen LogP contribution in [0.25, 0.3) is 10.9 Å². The second-order valence-corrected chi connectivity index (χ2v) is 5.33. The average molecular weight is 290 g/mol. The van der Waals surface area contributed by atoms with Crippen molar-refractivity contribution in [3.63, 3.8) is 0 Å². The van der Waals surface area contributed by atoms with Crippen LogP contribution < -0.4 is 4.74 Å². The molecule has 0 aliphatic rings. The fourth-order valence-electron chi connectivity index (χ4n) is 1.35.